The van der Waals surface area contributed by atoms with Crippen molar-refractivity contribution in [1.29, 1.82) is 0 Å². The average Bonchev–Trinajstić information content (AvgIpc) is 3.61. The highest BCUT2D eigenvalue weighted by molar-refractivity contribution is 7.92. The Bertz CT molecular complexity index is 2640. The normalized spacial score (nSPS) is 17.8. The number of benzene rings is 2. The Morgan fingerprint density at radius 1 is 1.09 bits per heavy atom. The number of aliphatic hydroxyl groups is 1. The summed E-state index contributed by atoms with van der Waals surface area (Å²) in [5, 5.41) is 20.9. The van der Waals surface area contributed by atoms with E-state index in [2.05, 4.69) is 37.1 Å². The van der Waals surface area contributed by atoms with E-state index in [0.29, 0.717) is 16.3 Å². The fourth-order valence-electron chi connectivity index (χ4n) is 7.25. The third-order valence-corrected chi connectivity index (χ3v) is 10.3. The lowest BCUT2D eigenvalue weighted by atomic mass is 9.93. The van der Waals surface area contributed by atoms with Crippen LogP contribution in [0.1, 0.15) is 66.1 Å². The topological polar surface area (TPSA) is 144 Å². The summed E-state index contributed by atoms with van der Waals surface area (Å²) in [5.41, 5.74) is -3.87. The Kier molecular flexibility index (Phi) is 9.64. The second kappa shape index (κ2) is 13.7. The van der Waals surface area contributed by atoms with E-state index in [4.69, 9.17) is 11.6 Å². The maximum absolute atomic E-state index is 15.4. The number of fused-ring (bicyclic) bond motifs is 4. The van der Waals surface area contributed by atoms with E-state index in [0.717, 1.165) is 18.4 Å². The lowest BCUT2D eigenvalue weighted by Gasteiger charge is -2.23. The first-order valence-corrected chi connectivity index (χ1v) is 19.4. The van der Waals surface area contributed by atoms with Gasteiger partial charge in [-0.2, -0.15) is 32.1 Å². The molecule has 3 unspecified atom stereocenters. The zero-order valence-electron chi connectivity index (χ0n) is 30.2. The van der Waals surface area contributed by atoms with Crippen LogP contribution >= 0.6 is 11.6 Å². The highest BCUT2D eigenvalue weighted by atomic mass is 35.5. The minimum Gasteiger partial charge on any atom is -0.378 e. The van der Waals surface area contributed by atoms with E-state index in [9.17, 15) is 40.3 Å². The minimum atomic E-state index is -5.08. The molecule has 0 radical (unpaired) electrons. The van der Waals surface area contributed by atoms with Gasteiger partial charge in [0.2, 0.25) is 15.9 Å². The fourth-order valence-corrected chi connectivity index (χ4v) is 7.98. The summed E-state index contributed by atoms with van der Waals surface area (Å²) in [6.07, 6.45) is -4.74. The number of carbonyl (C=O) groups is 1. The minimum absolute atomic E-state index is 0.00841. The molecule has 2 aliphatic carbocycles. The van der Waals surface area contributed by atoms with Gasteiger partial charge < -0.3 is 10.4 Å². The lowest BCUT2D eigenvalue weighted by molar-refractivity contribution is -0.142. The number of pyridine rings is 1. The Balaban J connectivity index is 1.39. The molecule has 0 saturated heterocycles. The number of nitrogens with zero attached hydrogens (tertiary/aromatic N) is 5. The molecule has 2 aromatic carbocycles. The monoisotopic (exact) mass is 837 g/mol. The van der Waals surface area contributed by atoms with Gasteiger partial charge >= 0.3 is 6.18 Å². The molecular formula is C37H31ClF7N7O4S. The van der Waals surface area contributed by atoms with Crippen molar-refractivity contribution in [3.05, 3.63) is 93.0 Å². The number of anilines is 1. The Hall–Kier alpha value is -5.19. The molecule has 3 aromatic heterocycles. The van der Waals surface area contributed by atoms with Gasteiger partial charge in [0.15, 0.2) is 11.5 Å². The Morgan fingerprint density at radius 3 is 2.39 bits per heavy atom. The van der Waals surface area contributed by atoms with Crippen LogP contribution in [0.5, 0.6) is 0 Å². The highest BCUT2D eigenvalue weighted by Gasteiger charge is 2.68. The standard InChI is InChI=1S/C37H31ClF7N7O4S/c1-35(2,54)10-9-20-5-6-21(22-7-8-25(38)29-31(22)51(3)49-34(29)50-57(4,55)56)30(46-20)26(13-17-11-18(39)14-19(40)12-17)47-27(53)16-52-33-28(32(48-52)37(43,44)45)23-15-24(23)36(33,41)42/h5-8,11-12,14,23-24,26,54H,13,15-16H2,1-4H3,(H,47,53)(H,49,50). The van der Waals surface area contributed by atoms with E-state index >= 15 is 8.78 Å². The van der Waals surface area contributed by atoms with Crippen LogP contribution in [0.2, 0.25) is 5.02 Å². The molecule has 57 heavy (non-hydrogen) atoms. The molecule has 20 heteroatoms. The number of aromatic nitrogens is 5. The van der Waals surface area contributed by atoms with Gasteiger partial charge in [0.25, 0.3) is 5.92 Å². The number of hydrogen-bond acceptors (Lipinski definition) is 7. The maximum Gasteiger partial charge on any atom is 0.435 e. The predicted molar refractivity (Wildman–Crippen MR) is 194 cm³/mol. The first-order valence-electron chi connectivity index (χ1n) is 17.1. The molecule has 3 N–H and O–H groups in total. The van der Waals surface area contributed by atoms with Crippen LogP contribution < -0.4 is 10.0 Å². The molecule has 1 saturated carbocycles. The number of sulfonamides is 1. The summed E-state index contributed by atoms with van der Waals surface area (Å²) in [7, 11) is -2.35. The van der Waals surface area contributed by atoms with Crippen LogP contribution in [0.25, 0.3) is 22.0 Å². The highest BCUT2D eigenvalue weighted by Crippen LogP contribution is 2.68. The van der Waals surface area contributed by atoms with Crippen molar-refractivity contribution in [2.45, 2.75) is 62.9 Å². The molecule has 0 bridgehead atoms. The van der Waals surface area contributed by atoms with E-state index in [1.165, 1.54) is 43.8 Å². The zero-order valence-corrected chi connectivity index (χ0v) is 31.8. The Morgan fingerprint density at radius 2 is 1.75 bits per heavy atom. The van der Waals surface area contributed by atoms with Crippen LogP contribution in [-0.4, -0.2) is 55.8 Å². The molecule has 5 aromatic rings. The number of hydrogen-bond donors (Lipinski definition) is 3. The number of halogens is 8. The maximum atomic E-state index is 15.4. The van der Waals surface area contributed by atoms with Gasteiger partial charge in [-0.15, -0.1) is 0 Å². The van der Waals surface area contributed by atoms with Gasteiger partial charge in [-0.05, 0) is 74.4 Å². The molecule has 0 spiro atoms. The summed E-state index contributed by atoms with van der Waals surface area (Å²) < 4.78 is 130. The van der Waals surface area contributed by atoms with Crippen LogP contribution in [0.15, 0.2) is 42.5 Å². The number of carbonyl (C=O) groups excluding carboxylic acids is 1. The van der Waals surface area contributed by atoms with E-state index in [-0.39, 0.29) is 50.7 Å². The molecule has 7 rings (SSSR count). The molecule has 1 amide bonds. The van der Waals surface area contributed by atoms with Gasteiger partial charge in [-0.1, -0.05) is 23.6 Å². The molecule has 3 atom stereocenters. The summed E-state index contributed by atoms with van der Waals surface area (Å²) in [6.45, 7) is 1.73. The van der Waals surface area contributed by atoms with E-state index in [1.54, 1.807) is 6.07 Å². The number of nitrogens with one attached hydrogen (secondary N) is 2. The van der Waals surface area contributed by atoms with Crippen LogP contribution in [0.4, 0.5) is 36.6 Å². The molecule has 2 aliphatic rings. The van der Waals surface area contributed by atoms with Crippen LogP contribution in [0, 0.1) is 29.4 Å². The van der Waals surface area contributed by atoms with Crippen molar-refractivity contribution in [2.75, 3.05) is 11.0 Å². The van der Waals surface area contributed by atoms with Crippen LogP contribution in [0.3, 0.4) is 0 Å². The van der Waals surface area contributed by atoms with Gasteiger partial charge in [0.1, 0.15) is 35.2 Å². The smallest absolute Gasteiger partial charge is 0.378 e. The van der Waals surface area contributed by atoms with Crippen molar-refractivity contribution < 1.29 is 49.1 Å². The molecule has 11 nitrogen and oxygen atoms in total. The van der Waals surface area contributed by atoms with Crippen molar-refractivity contribution >= 4 is 44.3 Å². The number of aryl methyl sites for hydroxylation is 1. The lowest BCUT2D eigenvalue weighted by Crippen LogP contribution is -2.35. The van der Waals surface area contributed by atoms with E-state index in [1.807, 2.05) is 0 Å². The first-order chi connectivity index (χ1) is 26.4. The molecule has 1 fully saturated rings. The third-order valence-electron chi connectivity index (χ3n) is 9.45. The second-order valence-electron chi connectivity index (χ2n) is 14.5. The summed E-state index contributed by atoms with van der Waals surface area (Å²) in [4.78, 5) is 18.5. The van der Waals surface area contributed by atoms with Gasteiger partial charge in [0, 0.05) is 35.7 Å². The fraction of sp³-hybridized carbons (Fsp3) is 0.351. The molecule has 300 valence electrons. The predicted octanol–water partition coefficient (Wildman–Crippen LogP) is 6.59. The number of amides is 1. The van der Waals surface area contributed by atoms with Gasteiger partial charge in [0.05, 0.1) is 33.9 Å². The SMILES string of the molecule is Cn1nc(NS(C)(=O)=O)c2c(Cl)ccc(-c3ccc(C#CC(C)(C)O)nc3C(Cc3cc(F)cc(F)c3)NC(=O)Cn3nc(C(F)(F)F)c4c3C(F)(F)C3CC43)c21. The summed E-state index contributed by atoms with van der Waals surface area (Å²) >= 11 is 6.55. The average molecular weight is 838 g/mol. The van der Waals surface area contributed by atoms with Gasteiger partial charge in [-0.25, -0.2) is 22.2 Å². The number of alkyl halides is 5. The third kappa shape index (κ3) is 7.90. The number of rotatable bonds is 9. The van der Waals surface area contributed by atoms with Crippen molar-refractivity contribution in [3.63, 3.8) is 0 Å². The van der Waals surface area contributed by atoms with Crippen molar-refractivity contribution in [2.24, 2.45) is 13.0 Å². The molecule has 0 aliphatic heterocycles. The van der Waals surface area contributed by atoms with Gasteiger partial charge in [-0.3, -0.25) is 18.9 Å². The first kappa shape index (κ1) is 40.0. The van der Waals surface area contributed by atoms with Crippen LogP contribution in [-0.2, 0) is 46.9 Å². The molecular weight excluding hydrogens is 807 g/mol. The van der Waals surface area contributed by atoms with Crippen molar-refractivity contribution in [3.8, 4) is 23.0 Å². The largest absolute Gasteiger partial charge is 0.435 e. The summed E-state index contributed by atoms with van der Waals surface area (Å²) in [5.74, 6) is -3.94. The van der Waals surface area contributed by atoms with E-state index < -0.39 is 93.1 Å². The quantitative estimate of drug-likeness (QED) is 0.112. The second-order valence-corrected chi connectivity index (χ2v) is 16.7. The zero-order chi connectivity index (χ0) is 41.6. The summed E-state index contributed by atoms with van der Waals surface area (Å²) in [6, 6.07) is 7.14. The van der Waals surface area contributed by atoms with Crippen molar-refractivity contribution in [1.82, 2.24) is 29.9 Å². The Labute approximate surface area is 325 Å². The molecule has 3 heterocycles.